The van der Waals surface area contributed by atoms with E-state index < -0.39 is 10.0 Å². The second kappa shape index (κ2) is 7.20. The summed E-state index contributed by atoms with van der Waals surface area (Å²) in [5.74, 6) is 0.495. The number of sulfonamides is 1. The number of hydrogen-bond acceptors (Lipinski definition) is 3. The van der Waals surface area contributed by atoms with E-state index >= 15 is 0 Å². The van der Waals surface area contributed by atoms with Crippen molar-refractivity contribution < 1.29 is 8.42 Å². The first-order chi connectivity index (χ1) is 9.62. The van der Waals surface area contributed by atoms with Crippen molar-refractivity contribution in [2.24, 2.45) is 11.7 Å². The lowest BCUT2D eigenvalue weighted by Crippen LogP contribution is -2.30. The summed E-state index contributed by atoms with van der Waals surface area (Å²) < 4.78 is 27.2. The molecule has 0 aromatic heterocycles. The molecule has 0 spiro atoms. The normalized spacial score (nSPS) is 17.2. The summed E-state index contributed by atoms with van der Waals surface area (Å²) in [7, 11) is -3.37. The van der Waals surface area contributed by atoms with Crippen LogP contribution in [0.15, 0.2) is 29.2 Å². The van der Waals surface area contributed by atoms with Crippen LogP contribution >= 0.6 is 0 Å². The van der Waals surface area contributed by atoms with Crippen molar-refractivity contribution in [3.63, 3.8) is 0 Å². The van der Waals surface area contributed by atoms with E-state index in [2.05, 4.69) is 4.72 Å². The summed E-state index contributed by atoms with van der Waals surface area (Å²) in [4.78, 5) is 0.342. The van der Waals surface area contributed by atoms with Gasteiger partial charge < -0.3 is 5.73 Å². The van der Waals surface area contributed by atoms with Crippen LogP contribution in [-0.2, 0) is 16.4 Å². The maximum Gasteiger partial charge on any atom is 0.240 e. The summed E-state index contributed by atoms with van der Waals surface area (Å²) in [6.45, 7) is 1.14. The van der Waals surface area contributed by atoms with E-state index in [4.69, 9.17) is 5.73 Å². The van der Waals surface area contributed by atoms with Gasteiger partial charge in [0.25, 0.3) is 0 Å². The topological polar surface area (TPSA) is 72.2 Å². The van der Waals surface area contributed by atoms with Crippen LogP contribution < -0.4 is 10.5 Å². The molecule has 20 heavy (non-hydrogen) atoms. The molecule has 3 N–H and O–H groups in total. The van der Waals surface area contributed by atoms with Crippen LogP contribution in [0.4, 0.5) is 0 Å². The van der Waals surface area contributed by atoms with E-state index in [0.717, 1.165) is 24.8 Å². The van der Waals surface area contributed by atoms with Gasteiger partial charge in [-0.1, -0.05) is 31.4 Å². The summed E-state index contributed by atoms with van der Waals surface area (Å²) in [6, 6.07) is 6.99. The SMILES string of the molecule is NCCc1ccc(S(=O)(=O)NCC2CCCCC2)cc1. The third kappa shape index (κ3) is 4.30. The van der Waals surface area contributed by atoms with Crippen LogP contribution in [0.5, 0.6) is 0 Å². The molecule has 4 nitrogen and oxygen atoms in total. The largest absolute Gasteiger partial charge is 0.330 e. The zero-order valence-corrected chi connectivity index (χ0v) is 12.7. The molecule has 112 valence electrons. The van der Waals surface area contributed by atoms with E-state index in [1.54, 1.807) is 12.1 Å². The third-order valence-electron chi connectivity index (χ3n) is 3.95. The molecule has 0 aliphatic heterocycles. The average Bonchev–Trinajstić information content (AvgIpc) is 2.47. The van der Waals surface area contributed by atoms with Gasteiger partial charge in [-0.05, 0) is 49.4 Å². The van der Waals surface area contributed by atoms with E-state index in [1.165, 1.54) is 19.3 Å². The second-order valence-electron chi connectivity index (χ2n) is 5.54. The highest BCUT2D eigenvalue weighted by Crippen LogP contribution is 2.23. The van der Waals surface area contributed by atoms with Gasteiger partial charge in [0, 0.05) is 6.54 Å². The van der Waals surface area contributed by atoms with Crippen molar-refractivity contribution in [3.8, 4) is 0 Å². The Morgan fingerprint density at radius 2 is 1.75 bits per heavy atom. The van der Waals surface area contributed by atoms with Crippen LogP contribution in [-0.4, -0.2) is 21.5 Å². The van der Waals surface area contributed by atoms with Crippen molar-refractivity contribution in [1.29, 1.82) is 0 Å². The molecule has 0 atom stereocenters. The Morgan fingerprint density at radius 3 is 2.35 bits per heavy atom. The lowest BCUT2D eigenvalue weighted by Gasteiger charge is -2.21. The fourth-order valence-electron chi connectivity index (χ4n) is 2.70. The molecule has 1 aliphatic carbocycles. The van der Waals surface area contributed by atoms with Gasteiger partial charge in [-0.3, -0.25) is 0 Å². The van der Waals surface area contributed by atoms with Crippen molar-refractivity contribution >= 4 is 10.0 Å². The molecule has 0 radical (unpaired) electrons. The highest BCUT2D eigenvalue weighted by Gasteiger charge is 2.18. The Kier molecular flexibility index (Phi) is 5.57. The molecule has 5 heteroatoms. The Labute approximate surface area is 121 Å². The first-order valence-corrected chi connectivity index (χ1v) is 8.89. The fraction of sp³-hybridized carbons (Fsp3) is 0.600. The molecule has 0 unspecified atom stereocenters. The molecular weight excluding hydrogens is 272 g/mol. The van der Waals surface area contributed by atoms with E-state index in [1.807, 2.05) is 12.1 Å². The van der Waals surface area contributed by atoms with Gasteiger partial charge in [-0.15, -0.1) is 0 Å². The van der Waals surface area contributed by atoms with Gasteiger partial charge in [-0.2, -0.15) is 0 Å². The van der Waals surface area contributed by atoms with Crippen LogP contribution in [0.25, 0.3) is 0 Å². The van der Waals surface area contributed by atoms with Gasteiger partial charge >= 0.3 is 0 Å². The molecule has 1 fully saturated rings. The number of rotatable bonds is 6. The lowest BCUT2D eigenvalue weighted by molar-refractivity contribution is 0.357. The van der Waals surface area contributed by atoms with Crippen molar-refractivity contribution in [2.45, 2.75) is 43.4 Å². The molecule has 0 heterocycles. The van der Waals surface area contributed by atoms with Gasteiger partial charge in [0.05, 0.1) is 4.90 Å². The van der Waals surface area contributed by atoms with Crippen LogP contribution in [0.2, 0.25) is 0 Å². The van der Waals surface area contributed by atoms with Crippen LogP contribution in [0.3, 0.4) is 0 Å². The first kappa shape index (κ1) is 15.5. The van der Waals surface area contributed by atoms with E-state index in [0.29, 0.717) is 23.9 Å². The first-order valence-electron chi connectivity index (χ1n) is 7.40. The van der Waals surface area contributed by atoms with Crippen molar-refractivity contribution in [2.75, 3.05) is 13.1 Å². The highest BCUT2D eigenvalue weighted by molar-refractivity contribution is 7.89. The Bertz CT molecular complexity index is 505. The minimum Gasteiger partial charge on any atom is -0.330 e. The molecule has 1 aromatic carbocycles. The van der Waals surface area contributed by atoms with Crippen LogP contribution in [0, 0.1) is 5.92 Å². The molecular formula is C15H24N2O2S. The lowest BCUT2D eigenvalue weighted by atomic mass is 9.90. The van der Waals surface area contributed by atoms with Crippen molar-refractivity contribution in [3.05, 3.63) is 29.8 Å². The second-order valence-corrected chi connectivity index (χ2v) is 7.31. The van der Waals surface area contributed by atoms with Gasteiger partial charge in [0.15, 0.2) is 0 Å². The predicted octanol–water partition coefficient (Wildman–Crippen LogP) is 2.05. The van der Waals surface area contributed by atoms with Crippen molar-refractivity contribution in [1.82, 2.24) is 4.72 Å². The molecule has 1 aromatic rings. The summed E-state index contributed by atoms with van der Waals surface area (Å²) in [6.07, 6.45) is 6.78. The molecule has 2 rings (SSSR count). The molecule has 1 aliphatic rings. The Balaban J connectivity index is 1.94. The minimum absolute atomic E-state index is 0.342. The monoisotopic (exact) mass is 296 g/mol. The quantitative estimate of drug-likeness (QED) is 0.844. The molecule has 1 saturated carbocycles. The average molecular weight is 296 g/mol. The fourth-order valence-corrected chi connectivity index (χ4v) is 3.82. The Morgan fingerprint density at radius 1 is 1.10 bits per heavy atom. The standard InChI is InChI=1S/C15H24N2O2S/c16-11-10-13-6-8-15(9-7-13)20(18,19)17-12-14-4-2-1-3-5-14/h6-9,14,17H,1-5,10-12,16H2. The molecule has 0 saturated heterocycles. The zero-order valence-electron chi connectivity index (χ0n) is 11.8. The summed E-state index contributed by atoms with van der Waals surface area (Å²) >= 11 is 0. The van der Waals surface area contributed by atoms with E-state index in [-0.39, 0.29) is 0 Å². The van der Waals surface area contributed by atoms with Gasteiger partial charge in [0.1, 0.15) is 0 Å². The smallest absolute Gasteiger partial charge is 0.240 e. The highest BCUT2D eigenvalue weighted by atomic mass is 32.2. The van der Waals surface area contributed by atoms with Gasteiger partial charge in [0.2, 0.25) is 10.0 Å². The summed E-state index contributed by atoms with van der Waals surface area (Å²) in [5.41, 5.74) is 6.55. The van der Waals surface area contributed by atoms with Crippen LogP contribution in [0.1, 0.15) is 37.7 Å². The maximum atomic E-state index is 12.2. The number of nitrogens with two attached hydrogens (primary N) is 1. The zero-order chi connectivity index (χ0) is 14.4. The number of nitrogens with one attached hydrogen (secondary N) is 1. The van der Waals surface area contributed by atoms with Gasteiger partial charge in [-0.25, -0.2) is 13.1 Å². The number of hydrogen-bond donors (Lipinski definition) is 2. The predicted molar refractivity (Wildman–Crippen MR) is 81.0 cm³/mol. The number of benzene rings is 1. The Hall–Kier alpha value is -0.910. The maximum absolute atomic E-state index is 12.2. The summed E-state index contributed by atoms with van der Waals surface area (Å²) in [5, 5.41) is 0. The van der Waals surface area contributed by atoms with E-state index in [9.17, 15) is 8.42 Å². The molecule has 0 bridgehead atoms. The minimum atomic E-state index is -3.37. The molecule has 0 amide bonds. The third-order valence-corrected chi connectivity index (χ3v) is 5.39.